The summed E-state index contributed by atoms with van der Waals surface area (Å²) in [5, 5.41) is 11.5. The van der Waals surface area contributed by atoms with E-state index in [0.717, 1.165) is 5.56 Å². The molecule has 2 N–H and O–H groups in total. The van der Waals surface area contributed by atoms with E-state index in [1.807, 2.05) is 36.4 Å². The van der Waals surface area contributed by atoms with Crippen LogP contribution in [0, 0.1) is 0 Å². The number of rotatable bonds is 5. The summed E-state index contributed by atoms with van der Waals surface area (Å²) >= 11 is 0. The van der Waals surface area contributed by atoms with Crippen LogP contribution in [-0.4, -0.2) is 26.6 Å². The molecule has 8 heteroatoms. The number of ether oxygens (including phenoxy) is 1. The Labute approximate surface area is 180 Å². The molecule has 0 unspecified atom stereocenters. The quantitative estimate of drug-likeness (QED) is 0.491. The summed E-state index contributed by atoms with van der Waals surface area (Å²) in [7, 11) is -3.78. The van der Waals surface area contributed by atoms with Crippen molar-refractivity contribution in [2.75, 3.05) is 11.6 Å². The first-order valence-electron chi connectivity index (χ1n) is 9.42. The lowest BCUT2D eigenvalue weighted by Crippen LogP contribution is -2.15. The monoisotopic (exact) mass is 433 g/mol. The number of hydrogen-bond acceptors (Lipinski definition) is 6. The second-order valence-corrected chi connectivity index (χ2v) is 8.39. The summed E-state index contributed by atoms with van der Waals surface area (Å²) in [4.78, 5) is 12.4. The zero-order valence-electron chi connectivity index (χ0n) is 16.4. The van der Waals surface area contributed by atoms with Crippen molar-refractivity contribution in [3.05, 3.63) is 108 Å². The number of carbonyl (C=O) groups is 1. The molecule has 0 saturated heterocycles. The predicted octanol–water partition coefficient (Wildman–Crippen LogP) is 3.30. The highest BCUT2D eigenvalue weighted by Gasteiger charge is 2.24. The minimum absolute atomic E-state index is 0.0234. The summed E-state index contributed by atoms with van der Waals surface area (Å²) in [6.45, 7) is 0.348. The number of nitrogens with zero attached hydrogens (tertiary/aromatic N) is 2. The maximum Gasteiger partial charge on any atom is 0.342 e. The topological polar surface area (TPSA) is 102 Å². The maximum absolute atomic E-state index is 12.3. The standard InChI is InChI=1S/C23H19N3O4S/c24-31(28,29)21-13-11-20(12-14-21)26-15-19(22(25-26)17-7-3-1-4-8-17)16-30-23(27)18-9-5-2-6-10-18/h1-14,16H,15H2,(H2,24,28,29)/b19-16+. The summed E-state index contributed by atoms with van der Waals surface area (Å²) in [6, 6.07) is 24.4. The van der Waals surface area contributed by atoms with Crippen LogP contribution >= 0.6 is 0 Å². The molecule has 7 nitrogen and oxygen atoms in total. The van der Waals surface area contributed by atoms with Gasteiger partial charge in [-0.25, -0.2) is 18.4 Å². The second-order valence-electron chi connectivity index (χ2n) is 6.83. The summed E-state index contributed by atoms with van der Waals surface area (Å²) in [5.41, 5.74) is 3.38. The molecule has 3 aromatic carbocycles. The Morgan fingerprint density at radius 3 is 2.16 bits per heavy atom. The molecule has 0 fully saturated rings. The molecule has 0 bridgehead atoms. The lowest BCUT2D eigenvalue weighted by atomic mass is 10.0. The number of nitrogens with two attached hydrogens (primary N) is 1. The summed E-state index contributed by atoms with van der Waals surface area (Å²) in [6.07, 6.45) is 1.42. The Balaban J connectivity index is 1.63. The molecule has 1 aliphatic heterocycles. The Bertz CT molecular complexity index is 1250. The van der Waals surface area contributed by atoms with Crippen molar-refractivity contribution in [3.63, 3.8) is 0 Å². The van der Waals surface area contributed by atoms with Gasteiger partial charge in [0, 0.05) is 11.1 Å². The molecular formula is C23H19N3O4S. The molecule has 3 aromatic rings. The predicted molar refractivity (Wildman–Crippen MR) is 118 cm³/mol. The van der Waals surface area contributed by atoms with Gasteiger partial charge in [0.1, 0.15) is 6.26 Å². The number of carbonyl (C=O) groups excluding carboxylic acids is 1. The number of sulfonamides is 1. The number of esters is 1. The Morgan fingerprint density at radius 1 is 0.935 bits per heavy atom. The average Bonchev–Trinajstić information content (AvgIpc) is 3.22. The molecule has 0 radical (unpaired) electrons. The van der Waals surface area contributed by atoms with Gasteiger partial charge in [-0.15, -0.1) is 0 Å². The third-order valence-corrected chi connectivity index (χ3v) is 5.60. The van der Waals surface area contributed by atoms with Crippen LogP contribution in [0.4, 0.5) is 5.69 Å². The van der Waals surface area contributed by atoms with E-state index in [1.54, 1.807) is 41.4 Å². The van der Waals surface area contributed by atoms with Gasteiger partial charge in [-0.3, -0.25) is 5.01 Å². The molecule has 0 spiro atoms. The van der Waals surface area contributed by atoms with Crippen molar-refractivity contribution in [2.24, 2.45) is 10.2 Å². The smallest absolute Gasteiger partial charge is 0.342 e. The van der Waals surface area contributed by atoms with E-state index in [2.05, 4.69) is 5.10 Å². The minimum Gasteiger partial charge on any atom is -0.430 e. The van der Waals surface area contributed by atoms with Gasteiger partial charge in [-0.05, 0) is 36.4 Å². The van der Waals surface area contributed by atoms with Crippen molar-refractivity contribution < 1.29 is 17.9 Å². The molecule has 0 aromatic heterocycles. The van der Waals surface area contributed by atoms with Crippen LogP contribution in [0.2, 0.25) is 0 Å². The summed E-state index contributed by atoms with van der Waals surface area (Å²) < 4.78 is 28.4. The summed E-state index contributed by atoms with van der Waals surface area (Å²) in [5.74, 6) is -0.462. The number of primary sulfonamides is 1. The molecule has 0 aliphatic carbocycles. The van der Waals surface area contributed by atoms with E-state index in [0.29, 0.717) is 29.1 Å². The fourth-order valence-corrected chi connectivity index (χ4v) is 3.63. The van der Waals surface area contributed by atoms with Gasteiger partial charge in [0.2, 0.25) is 10.0 Å². The van der Waals surface area contributed by atoms with Crippen molar-refractivity contribution in [1.29, 1.82) is 0 Å². The molecular weight excluding hydrogens is 414 g/mol. The minimum atomic E-state index is -3.78. The molecule has 4 rings (SSSR count). The molecule has 1 aliphatic rings. The highest BCUT2D eigenvalue weighted by Crippen LogP contribution is 2.26. The SMILES string of the molecule is NS(=O)(=O)c1ccc(N2C/C(=C\OC(=O)c3ccccc3)C(c3ccccc3)=N2)cc1. The van der Waals surface area contributed by atoms with E-state index in [1.165, 1.54) is 18.4 Å². The molecule has 156 valence electrons. The largest absolute Gasteiger partial charge is 0.430 e. The molecule has 0 saturated carbocycles. The van der Waals surface area contributed by atoms with Gasteiger partial charge < -0.3 is 4.74 Å². The van der Waals surface area contributed by atoms with Crippen LogP contribution in [0.15, 0.2) is 107 Å². The van der Waals surface area contributed by atoms with E-state index in [4.69, 9.17) is 9.88 Å². The lowest BCUT2D eigenvalue weighted by Gasteiger charge is -2.13. The van der Waals surface area contributed by atoms with E-state index in [-0.39, 0.29) is 4.90 Å². The normalized spacial score (nSPS) is 15.1. The van der Waals surface area contributed by atoms with Crippen LogP contribution in [0.1, 0.15) is 15.9 Å². The Morgan fingerprint density at radius 2 is 1.55 bits per heavy atom. The fourth-order valence-electron chi connectivity index (χ4n) is 3.11. The van der Waals surface area contributed by atoms with Crippen LogP contribution < -0.4 is 10.1 Å². The number of benzene rings is 3. The molecule has 1 heterocycles. The van der Waals surface area contributed by atoms with Gasteiger partial charge >= 0.3 is 5.97 Å². The molecule has 31 heavy (non-hydrogen) atoms. The van der Waals surface area contributed by atoms with Crippen molar-refractivity contribution >= 4 is 27.4 Å². The van der Waals surface area contributed by atoms with Crippen LogP contribution in [0.3, 0.4) is 0 Å². The molecule has 0 atom stereocenters. The first-order chi connectivity index (χ1) is 14.9. The number of anilines is 1. The van der Waals surface area contributed by atoms with Crippen LogP contribution in [0.5, 0.6) is 0 Å². The number of hydrogen-bond donors (Lipinski definition) is 1. The molecule has 0 amide bonds. The van der Waals surface area contributed by atoms with Gasteiger partial charge in [-0.2, -0.15) is 5.10 Å². The zero-order valence-corrected chi connectivity index (χ0v) is 17.2. The third-order valence-electron chi connectivity index (χ3n) is 4.67. The van der Waals surface area contributed by atoms with Crippen molar-refractivity contribution in [1.82, 2.24) is 0 Å². The zero-order chi connectivity index (χ0) is 21.8. The van der Waals surface area contributed by atoms with Gasteiger partial charge in [0.25, 0.3) is 0 Å². The second kappa shape index (κ2) is 8.55. The van der Waals surface area contributed by atoms with E-state index < -0.39 is 16.0 Å². The van der Waals surface area contributed by atoms with Crippen molar-refractivity contribution in [2.45, 2.75) is 4.90 Å². The highest BCUT2D eigenvalue weighted by atomic mass is 32.2. The Hall–Kier alpha value is -3.75. The highest BCUT2D eigenvalue weighted by molar-refractivity contribution is 7.89. The first-order valence-corrected chi connectivity index (χ1v) is 11.0. The first kappa shape index (κ1) is 20.5. The van der Waals surface area contributed by atoms with Crippen LogP contribution in [-0.2, 0) is 14.8 Å². The van der Waals surface area contributed by atoms with Gasteiger partial charge in [0.15, 0.2) is 0 Å². The van der Waals surface area contributed by atoms with Crippen molar-refractivity contribution in [3.8, 4) is 0 Å². The van der Waals surface area contributed by atoms with E-state index >= 15 is 0 Å². The lowest BCUT2D eigenvalue weighted by molar-refractivity contribution is 0.0661. The number of hydrazone groups is 1. The van der Waals surface area contributed by atoms with Crippen LogP contribution in [0.25, 0.3) is 0 Å². The average molecular weight is 433 g/mol. The maximum atomic E-state index is 12.3. The fraction of sp³-hybridized carbons (Fsp3) is 0.0435. The third kappa shape index (κ3) is 4.71. The Kier molecular flexibility index (Phi) is 5.66. The van der Waals surface area contributed by atoms with Gasteiger partial charge in [0.05, 0.1) is 28.4 Å². The van der Waals surface area contributed by atoms with Gasteiger partial charge in [-0.1, -0.05) is 48.5 Å². The van der Waals surface area contributed by atoms with E-state index in [9.17, 15) is 13.2 Å².